The lowest BCUT2D eigenvalue weighted by Crippen LogP contribution is -2.34. The van der Waals surface area contributed by atoms with Crippen LogP contribution in [0, 0.1) is 0 Å². The van der Waals surface area contributed by atoms with Crippen LogP contribution in [-0.2, 0) is 16.0 Å². The van der Waals surface area contributed by atoms with E-state index in [0.29, 0.717) is 11.3 Å². The zero-order valence-electron chi connectivity index (χ0n) is 14.2. The molecule has 0 aliphatic heterocycles. The highest BCUT2D eigenvalue weighted by Crippen LogP contribution is 2.29. The monoisotopic (exact) mass is 338 g/mol. The second-order valence-electron chi connectivity index (χ2n) is 6.08. The molecule has 0 aromatic heterocycles. The van der Waals surface area contributed by atoms with Gasteiger partial charge in [-0.15, -0.1) is 0 Å². The van der Waals surface area contributed by atoms with Crippen LogP contribution in [0.2, 0.25) is 0 Å². The summed E-state index contributed by atoms with van der Waals surface area (Å²) in [5.41, 5.74) is 3.53. The Hall–Kier alpha value is -2.82. The van der Waals surface area contributed by atoms with E-state index in [4.69, 9.17) is 4.74 Å². The molecule has 1 amide bonds. The van der Waals surface area contributed by atoms with Gasteiger partial charge in [-0.05, 0) is 42.5 Å². The zero-order valence-corrected chi connectivity index (χ0v) is 14.2. The zero-order chi connectivity index (χ0) is 17.6. The third-order valence-corrected chi connectivity index (χ3v) is 4.46. The summed E-state index contributed by atoms with van der Waals surface area (Å²) in [6, 6.07) is 15.2. The molecule has 0 fully saturated rings. The molecule has 2 aromatic carbocycles. The van der Waals surface area contributed by atoms with Crippen molar-refractivity contribution in [2.24, 2.45) is 0 Å². The summed E-state index contributed by atoms with van der Waals surface area (Å²) in [5, 5.41) is 5.92. The van der Waals surface area contributed by atoms with E-state index in [-0.39, 0.29) is 18.6 Å². The predicted molar refractivity (Wildman–Crippen MR) is 96.5 cm³/mol. The molecule has 25 heavy (non-hydrogen) atoms. The van der Waals surface area contributed by atoms with Gasteiger partial charge in [0.15, 0.2) is 6.61 Å². The molecule has 0 unspecified atom stereocenters. The first-order valence-corrected chi connectivity index (χ1v) is 8.50. The average molecular weight is 338 g/mol. The summed E-state index contributed by atoms with van der Waals surface area (Å²) >= 11 is 0. The van der Waals surface area contributed by atoms with Crippen molar-refractivity contribution in [3.63, 3.8) is 0 Å². The minimum absolute atomic E-state index is 0.0132. The van der Waals surface area contributed by atoms with Gasteiger partial charge in [0, 0.05) is 12.7 Å². The van der Waals surface area contributed by atoms with E-state index in [9.17, 15) is 9.59 Å². The number of benzene rings is 2. The van der Waals surface area contributed by atoms with Crippen LogP contribution < -0.4 is 10.6 Å². The predicted octanol–water partition coefficient (Wildman–Crippen LogP) is 3.08. The highest BCUT2D eigenvalue weighted by Gasteiger charge is 2.22. The number of carbonyl (C=O) groups is 2. The van der Waals surface area contributed by atoms with Gasteiger partial charge >= 0.3 is 5.97 Å². The Morgan fingerprint density at radius 3 is 2.72 bits per heavy atom. The van der Waals surface area contributed by atoms with E-state index >= 15 is 0 Å². The number of ether oxygens (including phenoxy) is 1. The minimum atomic E-state index is -0.510. The van der Waals surface area contributed by atoms with Crippen molar-refractivity contribution >= 4 is 17.6 Å². The molecule has 0 radical (unpaired) electrons. The normalized spacial score (nSPS) is 15.8. The first-order valence-electron chi connectivity index (χ1n) is 8.50. The summed E-state index contributed by atoms with van der Waals surface area (Å²) < 4.78 is 5.17. The standard InChI is InChI=1S/C20H22N2O3/c1-21-17-11-5-4-10-16(17)20(24)25-13-19(23)22-18-12-6-8-14-7-2-3-9-15(14)18/h2-5,7,9-11,18,21H,6,8,12-13H2,1H3,(H,22,23)/t18-/m1/s1. The summed E-state index contributed by atoms with van der Waals surface area (Å²) in [6.45, 7) is -0.282. The molecule has 2 aromatic rings. The van der Waals surface area contributed by atoms with Crippen LogP contribution in [0.4, 0.5) is 5.69 Å². The SMILES string of the molecule is CNc1ccccc1C(=O)OCC(=O)N[C@@H]1CCCc2ccccc21. The van der Waals surface area contributed by atoms with Gasteiger partial charge in [-0.2, -0.15) is 0 Å². The van der Waals surface area contributed by atoms with Crippen molar-refractivity contribution in [1.29, 1.82) is 0 Å². The number of anilines is 1. The van der Waals surface area contributed by atoms with Crippen LogP contribution >= 0.6 is 0 Å². The van der Waals surface area contributed by atoms with Crippen molar-refractivity contribution in [2.75, 3.05) is 19.0 Å². The van der Waals surface area contributed by atoms with Crippen LogP contribution in [0.5, 0.6) is 0 Å². The first-order chi connectivity index (χ1) is 12.2. The quantitative estimate of drug-likeness (QED) is 0.822. The molecule has 3 rings (SSSR count). The highest BCUT2D eigenvalue weighted by atomic mass is 16.5. The maximum absolute atomic E-state index is 12.2. The number of fused-ring (bicyclic) bond motifs is 1. The molecule has 0 saturated carbocycles. The fraction of sp³-hybridized carbons (Fsp3) is 0.300. The number of carbonyl (C=O) groups excluding carboxylic acids is 2. The molecule has 0 spiro atoms. The molecule has 0 saturated heterocycles. The largest absolute Gasteiger partial charge is 0.452 e. The lowest BCUT2D eigenvalue weighted by Gasteiger charge is -2.26. The van der Waals surface area contributed by atoms with Crippen molar-refractivity contribution in [2.45, 2.75) is 25.3 Å². The molecule has 1 aliphatic carbocycles. The Kier molecular flexibility index (Phi) is 5.33. The number of rotatable bonds is 5. The number of hydrogen-bond donors (Lipinski definition) is 2. The van der Waals surface area contributed by atoms with E-state index in [1.165, 1.54) is 5.56 Å². The molecule has 0 bridgehead atoms. The van der Waals surface area contributed by atoms with Gasteiger partial charge in [-0.3, -0.25) is 4.79 Å². The Bertz CT molecular complexity index is 773. The first kappa shape index (κ1) is 17.0. The molecule has 130 valence electrons. The highest BCUT2D eigenvalue weighted by molar-refractivity contribution is 5.96. The number of amides is 1. The van der Waals surface area contributed by atoms with E-state index in [0.717, 1.165) is 24.8 Å². The van der Waals surface area contributed by atoms with Crippen LogP contribution in [0.25, 0.3) is 0 Å². The number of nitrogens with one attached hydrogen (secondary N) is 2. The van der Waals surface area contributed by atoms with Crippen molar-refractivity contribution in [3.8, 4) is 0 Å². The number of para-hydroxylation sites is 1. The van der Waals surface area contributed by atoms with Gasteiger partial charge in [0.1, 0.15) is 0 Å². The molecule has 1 atom stereocenters. The Morgan fingerprint density at radius 1 is 1.12 bits per heavy atom. The molecule has 0 heterocycles. The molecule has 2 N–H and O–H groups in total. The van der Waals surface area contributed by atoms with Crippen molar-refractivity contribution in [1.82, 2.24) is 5.32 Å². The average Bonchev–Trinajstić information content (AvgIpc) is 2.66. The van der Waals surface area contributed by atoms with Gasteiger partial charge in [0.05, 0.1) is 11.6 Å². The van der Waals surface area contributed by atoms with Crippen LogP contribution in [-0.4, -0.2) is 25.5 Å². The maximum atomic E-state index is 12.2. The molecule has 1 aliphatic rings. The van der Waals surface area contributed by atoms with Gasteiger partial charge in [0.25, 0.3) is 5.91 Å². The smallest absolute Gasteiger partial charge is 0.340 e. The molecule has 5 nitrogen and oxygen atoms in total. The van der Waals surface area contributed by atoms with E-state index in [1.807, 2.05) is 18.2 Å². The summed E-state index contributed by atoms with van der Waals surface area (Å²) in [7, 11) is 1.74. The maximum Gasteiger partial charge on any atom is 0.340 e. The van der Waals surface area contributed by atoms with E-state index in [1.54, 1.807) is 25.2 Å². The second kappa shape index (κ2) is 7.83. The van der Waals surface area contributed by atoms with Crippen molar-refractivity contribution < 1.29 is 14.3 Å². The van der Waals surface area contributed by atoms with Crippen LogP contribution in [0.3, 0.4) is 0 Å². The summed E-state index contributed by atoms with van der Waals surface area (Å²) in [5.74, 6) is -0.791. The van der Waals surface area contributed by atoms with Gasteiger partial charge in [-0.1, -0.05) is 36.4 Å². The fourth-order valence-electron chi connectivity index (χ4n) is 3.23. The molecule has 5 heteroatoms. The number of hydrogen-bond acceptors (Lipinski definition) is 4. The van der Waals surface area contributed by atoms with Gasteiger partial charge in [0.2, 0.25) is 0 Å². The topological polar surface area (TPSA) is 67.4 Å². The Labute approximate surface area is 147 Å². The van der Waals surface area contributed by atoms with Gasteiger partial charge < -0.3 is 15.4 Å². The lowest BCUT2D eigenvalue weighted by atomic mass is 9.88. The fourth-order valence-corrected chi connectivity index (χ4v) is 3.23. The summed E-state index contributed by atoms with van der Waals surface area (Å²) in [6.07, 6.45) is 2.98. The molecular weight excluding hydrogens is 316 g/mol. The van der Waals surface area contributed by atoms with Gasteiger partial charge in [-0.25, -0.2) is 4.79 Å². The number of aryl methyl sites for hydroxylation is 1. The lowest BCUT2D eigenvalue weighted by molar-refractivity contribution is -0.125. The Morgan fingerprint density at radius 2 is 1.88 bits per heavy atom. The molecular formula is C20H22N2O3. The minimum Gasteiger partial charge on any atom is -0.452 e. The second-order valence-corrected chi connectivity index (χ2v) is 6.08. The van der Waals surface area contributed by atoms with E-state index in [2.05, 4.69) is 22.8 Å². The van der Waals surface area contributed by atoms with Crippen LogP contribution in [0.15, 0.2) is 48.5 Å². The third kappa shape index (κ3) is 3.99. The third-order valence-electron chi connectivity index (χ3n) is 4.46. The Balaban J connectivity index is 1.58. The van der Waals surface area contributed by atoms with E-state index < -0.39 is 5.97 Å². The number of esters is 1. The summed E-state index contributed by atoms with van der Waals surface area (Å²) in [4.78, 5) is 24.4. The van der Waals surface area contributed by atoms with Crippen LogP contribution in [0.1, 0.15) is 40.4 Å². The van der Waals surface area contributed by atoms with Crippen molar-refractivity contribution in [3.05, 3.63) is 65.2 Å².